The molecule has 3 rings (SSSR count). The van der Waals surface area contributed by atoms with Crippen LogP contribution >= 0.6 is 11.6 Å². The summed E-state index contributed by atoms with van der Waals surface area (Å²) in [6, 6.07) is 15.4. The van der Waals surface area contributed by atoms with Gasteiger partial charge in [0.2, 0.25) is 0 Å². The lowest BCUT2D eigenvalue weighted by Gasteiger charge is -2.36. The van der Waals surface area contributed by atoms with E-state index in [1.807, 2.05) is 18.2 Å². The summed E-state index contributed by atoms with van der Waals surface area (Å²) in [6.07, 6.45) is 2.27. The Hall–Kier alpha value is -1.38. The highest BCUT2D eigenvalue weighted by molar-refractivity contribution is 6.30. The smallest absolute Gasteiger partial charge is 0.123 e. The average molecular weight is 290 g/mol. The zero-order valence-corrected chi connectivity index (χ0v) is 11.9. The van der Waals surface area contributed by atoms with Crippen LogP contribution in [0.1, 0.15) is 29.9 Å². The minimum absolute atomic E-state index is 0.169. The Kier molecular flexibility index (Phi) is 4.04. The van der Waals surface area contributed by atoms with Crippen LogP contribution in [-0.4, -0.2) is 6.04 Å². The normalized spacial score (nSPS) is 21.5. The Balaban J connectivity index is 1.48. The van der Waals surface area contributed by atoms with Gasteiger partial charge in [-0.3, -0.25) is 0 Å². The SMILES string of the molecule is Fc1cccc(CNC2CC(c3ccc(Cl)cc3)C2)c1. The molecule has 0 amide bonds. The molecule has 2 aromatic carbocycles. The van der Waals surface area contributed by atoms with Crippen molar-refractivity contribution in [3.8, 4) is 0 Å². The van der Waals surface area contributed by atoms with E-state index >= 15 is 0 Å². The number of benzene rings is 2. The van der Waals surface area contributed by atoms with Crippen molar-refractivity contribution in [1.29, 1.82) is 0 Å². The van der Waals surface area contributed by atoms with Crippen molar-refractivity contribution in [1.82, 2.24) is 5.32 Å². The fourth-order valence-corrected chi connectivity index (χ4v) is 2.83. The Labute approximate surface area is 123 Å². The van der Waals surface area contributed by atoms with E-state index in [1.165, 1.54) is 11.6 Å². The molecule has 0 radical (unpaired) electrons. The molecule has 0 atom stereocenters. The van der Waals surface area contributed by atoms with Crippen molar-refractivity contribution in [2.45, 2.75) is 31.3 Å². The molecule has 1 fully saturated rings. The second-order valence-electron chi connectivity index (χ2n) is 5.43. The van der Waals surface area contributed by atoms with Gasteiger partial charge in [-0.2, -0.15) is 0 Å². The van der Waals surface area contributed by atoms with Crippen LogP contribution < -0.4 is 5.32 Å². The highest BCUT2D eigenvalue weighted by atomic mass is 35.5. The average Bonchev–Trinajstić information content (AvgIpc) is 2.39. The largest absolute Gasteiger partial charge is 0.310 e. The molecular formula is C17H17ClFN. The van der Waals surface area contributed by atoms with Gasteiger partial charge in [-0.15, -0.1) is 0 Å². The lowest BCUT2D eigenvalue weighted by Crippen LogP contribution is -2.39. The Morgan fingerprint density at radius 1 is 1.10 bits per heavy atom. The molecule has 0 bridgehead atoms. The molecule has 0 aromatic heterocycles. The van der Waals surface area contributed by atoms with E-state index in [0.717, 1.165) is 30.0 Å². The highest BCUT2D eigenvalue weighted by Crippen LogP contribution is 2.37. The van der Waals surface area contributed by atoms with E-state index < -0.39 is 0 Å². The molecule has 0 spiro atoms. The zero-order valence-electron chi connectivity index (χ0n) is 11.2. The number of rotatable bonds is 4. The van der Waals surface area contributed by atoms with Crippen molar-refractivity contribution in [3.63, 3.8) is 0 Å². The molecule has 0 unspecified atom stereocenters. The summed E-state index contributed by atoms with van der Waals surface area (Å²) < 4.78 is 13.1. The van der Waals surface area contributed by atoms with Crippen LogP contribution in [-0.2, 0) is 6.54 Å². The molecule has 1 N–H and O–H groups in total. The van der Waals surface area contributed by atoms with Gasteiger partial charge < -0.3 is 5.32 Å². The third-order valence-corrected chi connectivity index (χ3v) is 4.22. The Bertz CT molecular complexity index is 576. The van der Waals surface area contributed by atoms with Crippen molar-refractivity contribution >= 4 is 11.6 Å². The van der Waals surface area contributed by atoms with Crippen molar-refractivity contribution in [2.75, 3.05) is 0 Å². The first-order valence-electron chi connectivity index (χ1n) is 6.94. The van der Waals surface area contributed by atoms with E-state index in [4.69, 9.17) is 11.6 Å². The van der Waals surface area contributed by atoms with Gasteiger partial charge in [0.05, 0.1) is 0 Å². The monoisotopic (exact) mass is 289 g/mol. The standard InChI is InChI=1S/C17H17ClFN/c18-15-6-4-13(5-7-15)14-9-17(10-14)20-11-12-2-1-3-16(19)8-12/h1-8,14,17,20H,9-11H2. The molecule has 1 aliphatic carbocycles. The maximum atomic E-state index is 13.1. The van der Waals surface area contributed by atoms with Gasteiger partial charge >= 0.3 is 0 Å². The van der Waals surface area contributed by atoms with E-state index in [2.05, 4.69) is 17.4 Å². The van der Waals surface area contributed by atoms with Gasteiger partial charge in [0.15, 0.2) is 0 Å². The zero-order chi connectivity index (χ0) is 13.9. The fourth-order valence-electron chi connectivity index (χ4n) is 2.70. The fraction of sp³-hybridized carbons (Fsp3) is 0.294. The number of hydrogen-bond acceptors (Lipinski definition) is 1. The second-order valence-corrected chi connectivity index (χ2v) is 5.86. The predicted molar refractivity (Wildman–Crippen MR) is 80.5 cm³/mol. The van der Waals surface area contributed by atoms with Gasteiger partial charge in [0, 0.05) is 17.6 Å². The van der Waals surface area contributed by atoms with E-state index in [9.17, 15) is 4.39 Å². The Morgan fingerprint density at radius 2 is 1.85 bits per heavy atom. The summed E-state index contributed by atoms with van der Waals surface area (Å²) in [4.78, 5) is 0. The molecule has 0 aliphatic heterocycles. The maximum absolute atomic E-state index is 13.1. The quantitative estimate of drug-likeness (QED) is 0.873. The molecule has 3 heteroatoms. The summed E-state index contributed by atoms with van der Waals surface area (Å²) in [5.41, 5.74) is 2.36. The third kappa shape index (κ3) is 3.20. The van der Waals surface area contributed by atoms with Gasteiger partial charge in [-0.1, -0.05) is 35.9 Å². The summed E-state index contributed by atoms with van der Waals surface area (Å²) in [7, 11) is 0. The van der Waals surface area contributed by atoms with Crippen LogP contribution in [0.2, 0.25) is 5.02 Å². The third-order valence-electron chi connectivity index (χ3n) is 3.96. The lowest BCUT2D eigenvalue weighted by molar-refractivity contribution is 0.289. The van der Waals surface area contributed by atoms with Gasteiger partial charge in [0.25, 0.3) is 0 Å². The predicted octanol–water partition coefficient (Wildman–Crippen LogP) is 4.51. The summed E-state index contributed by atoms with van der Waals surface area (Å²) in [5.74, 6) is 0.453. The van der Waals surface area contributed by atoms with Crippen LogP contribution in [0, 0.1) is 5.82 Å². The summed E-state index contributed by atoms with van der Waals surface area (Å²) in [6.45, 7) is 0.732. The number of hydrogen-bond donors (Lipinski definition) is 1. The van der Waals surface area contributed by atoms with E-state index in [1.54, 1.807) is 12.1 Å². The van der Waals surface area contributed by atoms with Crippen molar-refractivity contribution in [3.05, 3.63) is 70.5 Å². The molecule has 0 saturated heterocycles. The van der Waals surface area contributed by atoms with Gasteiger partial charge in [0.1, 0.15) is 5.82 Å². The van der Waals surface area contributed by atoms with Crippen LogP contribution in [0.5, 0.6) is 0 Å². The molecule has 0 heterocycles. The van der Waals surface area contributed by atoms with Gasteiger partial charge in [-0.25, -0.2) is 4.39 Å². The molecule has 2 aromatic rings. The molecule has 104 valence electrons. The van der Waals surface area contributed by atoms with Crippen LogP contribution in [0.4, 0.5) is 4.39 Å². The first-order valence-corrected chi connectivity index (χ1v) is 7.32. The second kappa shape index (κ2) is 5.94. The number of halogens is 2. The summed E-state index contributed by atoms with van der Waals surface area (Å²) in [5, 5.41) is 4.27. The number of nitrogens with one attached hydrogen (secondary N) is 1. The van der Waals surface area contributed by atoms with Crippen LogP contribution in [0.15, 0.2) is 48.5 Å². The van der Waals surface area contributed by atoms with Crippen molar-refractivity contribution < 1.29 is 4.39 Å². The van der Waals surface area contributed by atoms with E-state index in [0.29, 0.717) is 12.0 Å². The topological polar surface area (TPSA) is 12.0 Å². The van der Waals surface area contributed by atoms with Gasteiger partial charge in [-0.05, 0) is 54.2 Å². The minimum atomic E-state index is -0.169. The first kappa shape index (κ1) is 13.6. The van der Waals surface area contributed by atoms with E-state index in [-0.39, 0.29) is 5.82 Å². The molecule has 20 heavy (non-hydrogen) atoms. The molecule has 1 nitrogen and oxygen atoms in total. The van der Waals surface area contributed by atoms with Crippen LogP contribution in [0.25, 0.3) is 0 Å². The lowest BCUT2D eigenvalue weighted by atomic mass is 9.76. The molecule has 1 saturated carbocycles. The summed E-state index contributed by atoms with van der Waals surface area (Å²) >= 11 is 5.89. The molecule has 1 aliphatic rings. The van der Waals surface area contributed by atoms with Crippen molar-refractivity contribution in [2.24, 2.45) is 0 Å². The molecular weight excluding hydrogens is 273 g/mol. The van der Waals surface area contributed by atoms with Crippen LogP contribution in [0.3, 0.4) is 0 Å². The first-order chi connectivity index (χ1) is 9.70. The minimum Gasteiger partial charge on any atom is -0.310 e. The Morgan fingerprint density at radius 3 is 2.55 bits per heavy atom. The maximum Gasteiger partial charge on any atom is 0.123 e. The highest BCUT2D eigenvalue weighted by Gasteiger charge is 2.29.